The standard InChI is InChI=1S/C19H19NO4/c1-19(10-17(22)20-18(19)23)14-6-4-13(5-7-14)15-8-3-12(11-21)9-16(15)24-2/h3-9,21H,10-11H2,1-2H3,(H,20,22,23). The van der Waals surface area contributed by atoms with Gasteiger partial charge in [-0.25, -0.2) is 0 Å². The average Bonchev–Trinajstić information content (AvgIpc) is 2.87. The molecule has 1 unspecified atom stereocenters. The third kappa shape index (κ3) is 2.67. The van der Waals surface area contributed by atoms with E-state index in [9.17, 15) is 14.7 Å². The summed E-state index contributed by atoms with van der Waals surface area (Å²) >= 11 is 0. The van der Waals surface area contributed by atoms with Crippen LogP contribution in [0.3, 0.4) is 0 Å². The molecule has 1 atom stereocenters. The van der Waals surface area contributed by atoms with E-state index in [1.165, 1.54) is 0 Å². The van der Waals surface area contributed by atoms with Gasteiger partial charge in [-0.3, -0.25) is 14.9 Å². The van der Waals surface area contributed by atoms with Gasteiger partial charge in [0.15, 0.2) is 0 Å². The van der Waals surface area contributed by atoms with E-state index in [4.69, 9.17) is 4.74 Å². The van der Waals surface area contributed by atoms with Gasteiger partial charge in [-0.15, -0.1) is 0 Å². The lowest BCUT2D eigenvalue weighted by atomic mass is 9.80. The van der Waals surface area contributed by atoms with Gasteiger partial charge in [0, 0.05) is 12.0 Å². The van der Waals surface area contributed by atoms with Crippen LogP contribution < -0.4 is 10.1 Å². The number of hydrogen-bond acceptors (Lipinski definition) is 4. The molecule has 3 rings (SSSR count). The minimum absolute atomic E-state index is 0.0446. The largest absolute Gasteiger partial charge is 0.496 e. The fourth-order valence-corrected chi connectivity index (χ4v) is 3.03. The van der Waals surface area contributed by atoms with Gasteiger partial charge in [-0.2, -0.15) is 0 Å². The lowest BCUT2D eigenvalue weighted by molar-refractivity contribution is -0.126. The summed E-state index contributed by atoms with van der Waals surface area (Å²) in [5, 5.41) is 11.6. The molecule has 2 amide bonds. The highest BCUT2D eigenvalue weighted by Gasteiger charge is 2.43. The number of nitrogens with one attached hydrogen (secondary N) is 1. The van der Waals surface area contributed by atoms with Crippen LogP contribution in [0.2, 0.25) is 0 Å². The Kier molecular flexibility index (Phi) is 4.11. The van der Waals surface area contributed by atoms with Crippen LogP contribution in [0.5, 0.6) is 5.75 Å². The zero-order valence-electron chi connectivity index (χ0n) is 13.6. The van der Waals surface area contributed by atoms with E-state index < -0.39 is 5.41 Å². The second kappa shape index (κ2) is 6.09. The number of methoxy groups -OCH3 is 1. The number of carbonyl (C=O) groups excluding carboxylic acids is 2. The van der Waals surface area contributed by atoms with Crippen LogP contribution in [0.4, 0.5) is 0 Å². The molecule has 5 nitrogen and oxygen atoms in total. The van der Waals surface area contributed by atoms with Gasteiger partial charge in [-0.1, -0.05) is 36.4 Å². The van der Waals surface area contributed by atoms with E-state index in [1.807, 2.05) is 36.4 Å². The Morgan fingerprint density at radius 2 is 1.88 bits per heavy atom. The molecular formula is C19H19NO4. The van der Waals surface area contributed by atoms with Gasteiger partial charge >= 0.3 is 0 Å². The Bertz CT molecular complexity index is 798. The molecule has 1 aliphatic heterocycles. The first kappa shape index (κ1) is 16.2. The first-order valence-electron chi connectivity index (χ1n) is 7.71. The summed E-state index contributed by atoms with van der Waals surface area (Å²) < 4.78 is 5.40. The average molecular weight is 325 g/mol. The molecule has 0 radical (unpaired) electrons. The fourth-order valence-electron chi connectivity index (χ4n) is 3.03. The summed E-state index contributed by atoms with van der Waals surface area (Å²) in [6.07, 6.45) is 0.166. The zero-order chi connectivity index (χ0) is 17.3. The number of aliphatic hydroxyl groups is 1. The van der Waals surface area contributed by atoms with Crippen LogP contribution in [0.15, 0.2) is 42.5 Å². The number of ether oxygens (including phenoxy) is 1. The summed E-state index contributed by atoms with van der Waals surface area (Å²) in [7, 11) is 1.59. The van der Waals surface area contributed by atoms with E-state index >= 15 is 0 Å². The second-order valence-electron chi connectivity index (χ2n) is 6.16. The molecule has 1 fully saturated rings. The van der Waals surface area contributed by atoms with Crippen LogP contribution >= 0.6 is 0 Å². The predicted octanol–water partition coefficient (Wildman–Crippen LogP) is 2.16. The van der Waals surface area contributed by atoms with Crippen molar-refractivity contribution < 1.29 is 19.4 Å². The molecular weight excluding hydrogens is 306 g/mol. The highest BCUT2D eigenvalue weighted by Crippen LogP contribution is 2.35. The smallest absolute Gasteiger partial charge is 0.237 e. The Balaban J connectivity index is 1.96. The van der Waals surface area contributed by atoms with E-state index in [2.05, 4.69) is 5.32 Å². The summed E-state index contributed by atoms with van der Waals surface area (Å²) in [5.41, 5.74) is 2.61. The Hall–Kier alpha value is -2.66. The second-order valence-corrected chi connectivity index (χ2v) is 6.16. The first-order valence-corrected chi connectivity index (χ1v) is 7.71. The predicted molar refractivity (Wildman–Crippen MR) is 89.5 cm³/mol. The highest BCUT2D eigenvalue weighted by molar-refractivity contribution is 6.08. The molecule has 24 heavy (non-hydrogen) atoms. The Labute approximate surface area is 140 Å². The van der Waals surface area contributed by atoms with E-state index in [0.717, 1.165) is 22.3 Å². The summed E-state index contributed by atoms with van der Waals surface area (Å²) in [6.45, 7) is 1.73. The maximum atomic E-state index is 12.1. The lowest BCUT2D eigenvalue weighted by Gasteiger charge is -2.20. The van der Waals surface area contributed by atoms with E-state index in [0.29, 0.717) is 5.75 Å². The summed E-state index contributed by atoms with van der Waals surface area (Å²) in [4.78, 5) is 23.6. The third-order valence-corrected chi connectivity index (χ3v) is 4.55. The molecule has 1 saturated heterocycles. The SMILES string of the molecule is COc1cc(CO)ccc1-c1ccc(C2(C)CC(=O)NC2=O)cc1. The number of carbonyl (C=O) groups is 2. The van der Waals surface area contributed by atoms with Gasteiger partial charge in [0.05, 0.1) is 19.1 Å². The van der Waals surface area contributed by atoms with E-state index in [1.54, 1.807) is 20.1 Å². The lowest BCUT2D eigenvalue weighted by Crippen LogP contribution is -2.32. The summed E-state index contributed by atoms with van der Waals surface area (Å²) in [5.74, 6) is 0.173. The molecule has 124 valence electrons. The minimum Gasteiger partial charge on any atom is -0.496 e. The third-order valence-electron chi connectivity index (χ3n) is 4.55. The number of imide groups is 1. The maximum Gasteiger partial charge on any atom is 0.237 e. The number of hydrogen-bond donors (Lipinski definition) is 2. The van der Waals surface area contributed by atoms with Gasteiger partial charge in [0.25, 0.3) is 0 Å². The molecule has 0 spiro atoms. The van der Waals surface area contributed by atoms with Gasteiger partial charge in [0.2, 0.25) is 11.8 Å². The Morgan fingerprint density at radius 1 is 1.17 bits per heavy atom. The monoisotopic (exact) mass is 325 g/mol. The molecule has 0 bridgehead atoms. The Morgan fingerprint density at radius 3 is 2.42 bits per heavy atom. The highest BCUT2D eigenvalue weighted by atomic mass is 16.5. The number of rotatable bonds is 4. The molecule has 2 aromatic carbocycles. The van der Waals surface area contributed by atoms with Crippen molar-refractivity contribution in [2.45, 2.75) is 25.4 Å². The van der Waals surface area contributed by atoms with Crippen molar-refractivity contribution in [3.63, 3.8) is 0 Å². The van der Waals surface area contributed by atoms with Crippen LogP contribution in [0.1, 0.15) is 24.5 Å². The maximum absolute atomic E-state index is 12.1. The van der Waals surface area contributed by atoms with Crippen molar-refractivity contribution in [3.8, 4) is 16.9 Å². The van der Waals surface area contributed by atoms with Crippen molar-refractivity contribution in [2.24, 2.45) is 0 Å². The van der Waals surface area contributed by atoms with Crippen molar-refractivity contribution in [1.82, 2.24) is 5.32 Å². The van der Waals surface area contributed by atoms with E-state index in [-0.39, 0.29) is 24.8 Å². The number of benzene rings is 2. The molecule has 0 aromatic heterocycles. The summed E-state index contributed by atoms with van der Waals surface area (Å²) in [6, 6.07) is 13.1. The minimum atomic E-state index is -0.819. The quantitative estimate of drug-likeness (QED) is 0.845. The normalized spacial score (nSPS) is 20.1. The molecule has 1 heterocycles. The molecule has 0 saturated carbocycles. The molecule has 5 heteroatoms. The first-order chi connectivity index (χ1) is 11.5. The molecule has 2 aromatic rings. The van der Waals surface area contributed by atoms with Crippen LogP contribution in [0.25, 0.3) is 11.1 Å². The van der Waals surface area contributed by atoms with Gasteiger partial charge in [-0.05, 0) is 29.7 Å². The van der Waals surface area contributed by atoms with Crippen LogP contribution in [0, 0.1) is 0 Å². The fraction of sp³-hybridized carbons (Fsp3) is 0.263. The van der Waals surface area contributed by atoms with Crippen molar-refractivity contribution in [1.29, 1.82) is 0 Å². The number of amides is 2. The van der Waals surface area contributed by atoms with Gasteiger partial charge < -0.3 is 9.84 Å². The molecule has 1 aliphatic rings. The zero-order valence-corrected chi connectivity index (χ0v) is 13.6. The van der Waals surface area contributed by atoms with Gasteiger partial charge in [0.1, 0.15) is 5.75 Å². The van der Waals surface area contributed by atoms with Crippen LogP contribution in [-0.4, -0.2) is 24.0 Å². The topological polar surface area (TPSA) is 75.6 Å². The molecule has 2 N–H and O–H groups in total. The van der Waals surface area contributed by atoms with Crippen LogP contribution in [-0.2, 0) is 21.6 Å². The van der Waals surface area contributed by atoms with Crippen molar-refractivity contribution in [2.75, 3.05) is 7.11 Å². The van der Waals surface area contributed by atoms with Crippen molar-refractivity contribution in [3.05, 3.63) is 53.6 Å². The van der Waals surface area contributed by atoms with Crippen molar-refractivity contribution >= 4 is 11.8 Å². The number of aliphatic hydroxyl groups excluding tert-OH is 1. The molecule has 0 aliphatic carbocycles.